The molecule has 1 fully saturated rings. The molecule has 0 aromatic rings. The zero-order valence-electron chi connectivity index (χ0n) is 10.7. The van der Waals surface area contributed by atoms with E-state index >= 15 is 0 Å². The second-order valence-corrected chi connectivity index (χ2v) is 5.35. The largest absolute Gasteiger partial charge is 0.444 e. The minimum Gasteiger partial charge on any atom is -0.444 e. The summed E-state index contributed by atoms with van der Waals surface area (Å²) in [6.07, 6.45) is -0.206. The zero-order valence-corrected chi connectivity index (χ0v) is 11.6. The van der Waals surface area contributed by atoms with Gasteiger partial charge in [-0.15, -0.1) is 12.4 Å². The summed E-state index contributed by atoms with van der Waals surface area (Å²) in [4.78, 5) is 13.6. The molecule has 0 aromatic carbocycles. The first kappa shape index (κ1) is 15.5. The van der Waals surface area contributed by atoms with Crippen LogP contribution in [0, 0.1) is 0 Å². The predicted octanol–water partition coefficient (Wildman–Crippen LogP) is 2.03. The quantitative estimate of drug-likeness (QED) is 0.715. The maximum Gasteiger partial charge on any atom is 0.410 e. The summed E-state index contributed by atoms with van der Waals surface area (Å²) in [5.41, 5.74) is -0.408. The van der Waals surface area contributed by atoms with E-state index in [1.165, 1.54) is 0 Å². The van der Waals surface area contributed by atoms with Crippen LogP contribution in [0.2, 0.25) is 0 Å². The van der Waals surface area contributed by atoms with Gasteiger partial charge in [-0.1, -0.05) is 0 Å². The lowest BCUT2D eigenvalue weighted by Crippen LogP contribution is -2.56. The minimum atomic E-state index is -0.408. The molecule has 1 aliphatic heterocycles. The molecule has 1 saturated heterocycles. The fraction of sp³-hybridized carbons (Fsp3) is 0.909. The van der Waals surface area contributed by atoms with E-state index in [1.807, 2.05) is 20.8 Å². The van der Waals surface area contributed by atoms with Crippen LogP contribution in [0.4, 0.5) is 4.79 Å². The Balaban J connectivity index is 0.00000225. The van der Waals surface area contributed by atoms with Crippen molar-refractivity contribution >= 4 is 18.5 Å². The molecule has 1 aliphatic rings. The summed E-state index contributed by atoms with van der Waals surface area (Å²) < 4.78 is 5.33. The number of carbonyl (C=O) groups excluding carboxylic acids is 1. The number of halogens is 1. The second kappa shape index (κ2) is 5.73. The van der Waals surface area contributed by atoms with Crippen molar-refractivity contribution in [3.63, 3.8) is 0 Å². The first-order valence-corrected chi connectivity index (χ1v) is 5.52. The topological polar surface area (TPSA) is 41.6 Å². The lowest BCUT2D eigenvalue weighted by Gasteiger charge is -2.36. The Morgan fingerprint density at radius 2 is 1.69 bits per heavy atom. The summed E-state index contributed by atoms with van der Waals surface area (Å²) in [5, 5.41) is 3.38. The van der Waals surface area contributed by atoms with Gasteiger partial charge in [-0.25, -0.2) is 4.79 Å². The first-order chi connectivity index (χ1) is 6.78. The molecule has 1 rings (SSSR count). The van der Waals surface area contributed by atoms with E-state index in [4.69, 9.17) is 4.74 Å². The molecule has 0 radical (unpaired) electrons. The molecule has 0 spiro atoms. The second-order valence-electron chi connectivity index (χ2n) is 5.35. The molecule has 0 aromatic heterocycles. The van der Waals surface area contributed by atoms with Gasteiger partial charge in [0.1, 0.15) is 5.60 Å². The van der Waals surface area contributed by atoms with Gasteiger partial charge >= 0.3 is 6.09 Å². The van der Waals surface area contributed by atoms with Crippen LogP contribution in [-0.2, 0) is 4.74 Å². The van der Waals surface area contributed by atoms with E-state index in [9.17, 15) is 4.79 Å². The average Bonchev–Trinajstić information content (AvgIpc) is 1.98. The molecule has 0 aliphatic carbocycles. The van der Waals surface area contributed by atoms with Crippen molar-refractivity contribution in [1.29, 1.82) is 0 Å². The minimum absolute atomic E-state index is 0. The van der Waals surface area contributed by atoms with Crippen molar-refractivity contribution in [1.82, 2.24) is 10.2 Å². The lowest BCUT2D eigenvalue weighted by atomic mass is 10.1. The fourth-order valence-electron chi connectivity index (χ4n) is 1.80. The lowest BCUT2D eigenvalue weighted by molar-refractivity contribution is 0.0167. The number of piperazine rings is 1. The van der Waals surface area contributed by atoms with Crippen molar-refractivity contribution in [2.75, 3.05) is 13.1 Å². The van der Waals surface area contributed by atoms with Gasteiger partial charge in [0.25, 0.3) is 0 Å². The number of rotatable bonds is 0. The smallest absolute Gasteiger partial charge is 0.410 e. The van der Waals surface area contributed by atoms with E-state index in [1.54, 1.807) is 4.90 Å². The van der Waals surface area contributed by atoms with Crippen LogP contribution in [0.25, 0.3) is 0 Å². The van der Waals surface area contributed by atoms with Gasteiger partial charge in [0, 0.05) is 25.2 Å². The van der Waals surface area contributed by atoms with E-state index in [-0.39, 0.29) is 18.5 Å². The van der Waals surface area contributed by atoms with Crippen LogP contribution in [-0.4, -0.2) is 41.8 Å². The van der Waals surface area contributed by atoms with Crippen molar-refractivity contribution in [2.45, 2.75) is 52.3 Å². The van der Waals surface area contributed by atoms with E-state index in [0.717, 1.165) is 13.1 Å². The Hall–Kier alpha value is -0.480. The molecular formula is C11H23ClN2O2. The van der Waals surface area contributed by atoms with Gasteiger partial charge in [0.05, 0.1) is 0 Å². The SMILES string of the molecule is C[C@@H]1CN(C(=O)OC(C)(C)C)C[C@H](C)N1.Cl. The molecule has 2 atom stereocenters. The van der Waals surface area contributed by atoms with Crippen molar-refractivity contribution < 1.29 is 9.53 Å². The van der Waals surface area contributed by atoms with Crippen LogP contribution >= 0.6 is 12.4 Å². The third-order valence-electron chi connectivity index (χ3n) is 2.21. The van der Waals surface area contributed by atoms with E-state index in [2.05, 4.69) is 19.2 Å². The highest BCUT2D eigenvalue weighted by Gasteiger charge is 2.28. The molecule has 5 heteroatoms. The molecular weight excluding hydrogens is 228 g/mol. The average molecular weight is 251 g/mol. The van der Waals surface area contributed by atoms with Crippen LogP contribution in [0.5, 0.6) is 0 Å². The Labute approximate surface area is 104 Å². The number of ether oxygens (including phenoxy) is 1. The number of nitrogens with zero attached hydrogens (tertiary/aromatic N) is 1. The Bertz CT molecular complexity index is 231. The van der Waals surface area contributed by atoms with Gasteiger partial charge in [-0.3, -0.25) is 0 Å². The molecule has 0 bridgehead atoms. The van der Waals surface area contributed by atoms with Gasteiger partial charge in [0.15, 0.2) is 0 Å². The summed E-state index contributed by atoms with van der Waals surface area (Å²) >= 11 is 0. The van der Waals surface area contributed by atoms with Gasteiger partial charge in [-0.2, -0.15) is 0 Å². The Morgan fingerprint density at radius 1 is 1.25 bits per heavy atom. The molecule has 0 saturated carbocycles. The van der Waals surface area contributed by atoms with Crippen LogP contribution < -0.4 is 5.32 Å². The highest BCUT2D eigenvalue weighted by Crippen LogP contribution is 2.12. The molecule has 1 heterocycles. The fourth-order valence-corrected chi connectivity index (χ4v) is 1.80. The monoisotopic (exact) mass is 250 g/mol. The Morgan fingerprint density at radius 3 is 2.06 bits per heavy atom. The summed E-state index contributed by atoms with van der Waals surface area (Å²) in [5.74, 6) is 0. The van der Waals surface area contributed by atoms with Crippen LogP contribution in [0.3, 0.4) is 0 Å². The highest BCUT2D eigenvalue weighted by molar-refractivity contribution is 5.85. The van der Waals surface area contributed by atoms with Crippen molar-refractivity contribution in [3.05, 3.63) is 0 Å². The molecule has 4 nitrogen and oxygen atoms in total. The number of hydrogen-bond donors (Lipinski definition) is 1. The summed E-state index contributed by atoms with van der Waals surface area (Å²) in [7, 11) is 0. The number of amides is 1. The Kier molecular flexibility index (Phi) is 5.56. The molecule has 1 amide bonds. The number of carbonyl (C=O) groups is 1. The van der Waals surface area contributed by atoms with E-state index in [0.29, 0.717) is 12.1 Å². The normalized spacial score (nSPS) is 25.9. The van der Waals surface area contributed by atoms with Crippen molar-refractivity contribution in [3.8, 4) is 0 Å². The highest BCUT2D eigenvalue weighted by atomic mass is 35.5. The third kappa shape index (κ3) is 5.03. The molecule has 96 valence electrons. The molecule has 16 heavy (non-hydrogen) atoms. The van der Waals surface area contributed by atoms with Gasteiger partial charge in [0.2, 0.25) is 0 Å². The maximum absolute atomic E-state index is 11.8. The number of hydrogen-bond acceptors (Lipinski definition) is 3. The van der Waals surface area contributed by atoms with Gasteiger partial charge < -0.3 is 15.0 Å². The first-order valence-electron chi connectivity index (χ1n) is 5.52. The molecule has 0 unspecified atom stereocenters. The standard InChI is InChI=1S/C11H22N2O2.ClH/c1-8-6-13(7-9(2)12-8)10(14)15-11(3,4)5;/h8-9,12H,6-7H2,1-5H3;1H/t8-,9+;. The maximum atomic E-state index is 11.8. The number of nitrogens with one attached hydrogen (secondary N) is 1. The van der Waals surface area contributed by atoms with Gasteiger partial charge in [-0.05, 0) is 34.6 Å². The van der Waals surface area contributed by atoms with E-state index < -0.39 is 5.60 Å². The predicted molar refractivity (Wildman–Crippen MR) is 67.1 cm³/mol. The third-order valence-corrected chi connectivity index (χ3v) is 2.21. The summed E-state index contributed by atoms with van der Waals surface area (Å²) in [6, 6.07) is 0.669. The van der Waals surface area contributed by atoms with Crippen LogP contribution in [0.15, 0.2) is 0 Å². The summed E-state index contributed by atoms with van der Waals surface area (Å²) in [6.45, 7) is 11.3. The molecule has 1 N–H and O–H groups in total. The zero-order chi connectivity index (χ0) is 11.6. The van der Waals surface area contributed by atoms with Crippen molar-refractivity contribution in [2.24, 2.45) is 0 Å². The van der Waals surface area contributed by atoms with Crippen LogP contribution in [0.1, 0.15) is 34.6 Å².